The van der Waals surface area contributed by atoms with Crippen LogP contribution in [0.1, 0.15) is 25.3 Å². The predicted octanol–water partition coefficient (Wildman–Crippen LogP) is 2.83. The maximum Gasteiger partial charge on any atom is 0 e. The van der Waals surface area contributed by atoms with E-state index < -0.39 is 0 Å². The molecule has 0 radical (unpaired) electrons. The molecule has 1 rings (SSSR count). The van der Waals surface area contributed by atoms with E-state index in [0.717, 1.165) is 0 Å². The number of rotatable bonds is 3. The summed E-state index contributed by atoms with van der Waals surface area (Å²) < 4.78 is 0. The fraction of sp³-hybridized carbons (Fsp3) is 0.400. The van der Waals surface area contributed by atoms with Gasteiger partial charge in [0.2, 0.25) is 0 Å². The Morgan fingerprint density at radius 1 is 1.36 bits per heavy atom. The van der Waals surface area contributed by atoms with Gasteiger partial charge in [0.25, 0.3) is 0 Å². The minimum atomic E-state index is 0. The Morgan fingerprint density at radius 2 is 2.18 bits per heavy atom. The maximum atomic E-state index is 3.20. The third-order valence-electron chi connectivity index (χ3n) is 1.57. The van der Waals surface area contributed by atoms with Crippen molar-refractivity contribution in [1.82, 2.24) is 0 Å². The Labute approximate surface area is 83.3 Å². The van der Waals surface area contributed by atoms with Gasteiger partial charge < -0.3 is 0 Å². The van der Waals surface area contributed by atoms with Crippen molar-refractivity contribution in [3.8, 4) is 0 Å². The molecular weight excluding hydrogens is 216 g/mol. The standard InChI is InChI=1S/C10H13.Mo/c1-2-3-7-10-8-5-4-6-9-10;/h4-6,8H,2-3,7H2,1H3;/q-1;. The van der Waals surface area contributed by atoms with Gasteiger partial charge in [-0.1, -0.05) is 26.2 Å². The van der Waals surface area contributed by atoms with Crippen LogP contribution in [0.3, 0.4) is 0 Å². The summed E-state index contributed by atoms with van der Waals surface area (Å²) in [4.78, 5) is 0. The van der Waals surface area contributed by atoms with Crippen LogP contribution in [0.5, 0.6) is 0 Å². The van der Waals surface area contributed by atoms with E-state index in [0.29, 0.717) is 0 Å². The minimum Gasteiger partial charge on any atom is -0.180 e. The molecule has 1 aromatic carbocycles. The SMILES string of the molecule is CCCCc1[c-]cccc1.[Mo]. The first-order valence-electron chi connectivity index (χ1n) is 3.89. The van der Waals surface area contributed by atoms with Crippen LogP contribution in [0, 0.1) is 6.07 Å². The normalized spacial score (nSPS) is 8.82. The zero-order valence-electron chi connectivity index (χ0n) is 6.84. The fourth-order valence-electron chi connectivity index (χ4n) is 0.953. The van der Waals surface area contributed by atoms with Crippen molar-refractivity contribution in [3.05, 3.63) is 35.9 Å². The largest absolute Gasteiger partial charge is 0.180 e. The molecule has 0 aliphatic rings. The van der Waals surface area contributed by atoms with Crippen molar-refractivity contribution in [2.24, 2.45) is 0 Å². The van der Waals surface area contributed by atoms with Crippen LogP contribution in [0.4, 0.5) is 0 Å². The van der Waals surface area contributed by atoms with Crippen LogP contribution in [0.15, 0.2) is 24.3 Å². The summed E-state index contributed by atoms with van der Waals surface area (Å²) in [7, 11) is 0. The van der Waals surface area contributed by atoms with Crippen molar-refractivity contribution < 1.29 is 21.1 Å². The number of hydrogen-bond donors (Lipinski definition) is 0. The monoisotopic (exact) mass is 231 g/mol. The third kappa shape index (κ3) is 4.37. The Bertz CT molecular complexity index is 169. The van der Waals surface area contributed by atoms with E-state index >= 15 is 0 Å². The van der Waals surface area contributed by atoms with Crippen molar-refractivity contribution >= 4 is 0 Å². The molecule has 0 nitrogen and oxygen atoms in total. The van der Waals surface area contributed by atoms with E-state index in [1.807, 2.05) is 12.1 Å². The molecule has 0 saturated carbocycles. The van der Waals surface area contributed by atoms with Crippen LogP contribution in [-0.2, 0) is 27.5 Å². The summed E-state index contributed by atoms with van der Waals surface area (Å²) in [5.41, 5.74) is 1.34. The Kier molecular flexibility index (Phi) is 6.55. The summed E-state index contributed by atoms with van der Waals surface area (Å²) in [5, 5.41) is 0. The van der Waals surface area contributed by atoms with Gasteiger partial charge >= 0.3 is 0 Å². The average Bonchev–Trinajstić information content (AvgIpc) is 2.03. The van der Waals surface area contributed by atoms with Crippen molar-refractivity contribution in [2.75, 3.05) is 0 Å². The van der Waals surface area contributed by atoms with Gasteiger partial charge in [0, 0.05) is 21.1 Å². The van der Waals surface area contributed by atoms with Gasteiger partial charge in [0.05, 0.1) is 0 Å². The van der Waals surface area contributed by atoms with E-state index in [-0.39, 0.29) is 21.1 Å². The summed E-state index contributed by atoms with van der Waals surface area (Å²) in [6.07, 6.45) is 3.72. The van der Waals surface area contributed by atoms with Gasteiger partial charge in [-0.3, -0.25) is 0 Å². The topological polar surface area (TPSA) is 0 Å². The molecule has 0 aromatic heterocycles. The predicted molar refractivity (Wildman–Crippen MR) is 43.9 cm³/mol. The molecule has 60 valence electrons. The zero-order chi connectivity index (χ0) is 7.23. The molecule has 1 aromatic rings. The van der Waals surface area contributed by atoms with Gasteiger partial charge in [-0.05, 0) is 0 Å². The second-order valence-electron chi connectivity index (χ2n) is 2.49. The molecule has 0 bridgehead atoms. The van der Waals surface area contributed by atoms with Crippen LogP contribution in [-0.4, -0.2) is 0 Å². The van der Waals surface area contributed by atoms with Crippen molar-refractivity contribution in [1.29, 1.82) is 0 Å². The minimum absolute atomic E-state index is 0. The van der Waals surface area contributed by atoms with Crippen LogP contribution in [0.2, 0.25) is 0 Å². The van der Waals surface area contributed by atoms with Gasteiger partial charge in [0.15, 0.2) is 0 Å². The number of hydrogen-bond acceptors (Lipinski definition) is 0. The summed E-state index contributed by atoms with van der Waals surface area (Å²) in [6, 6.07) is 11.4. The number of unbranched alkanes of at least 4 members (excludes halogenated alkanes) is 1. The maximum absolute atomic E-state index is 3.20. The third-order valence-corrected chi connectivity index (χ3v) is 1.57. The fourth-order valence-corrected chi connectivity index (χ4v) is 0.953. The molecule has 1 heteroatoms. The molecule has 0 aliphatic heterocycles. The first-order valence-corrected chi connectivity index (χ1v) is 3.89. The van der Waals surface area contributed by atoms with Gasteiger partial charge in [-0.15, -0.1) is 0 Å². The summed E-state index contributed by atoms with van der Waals surface area (Å²) >= 11 is 0. The molecule has 0 unspecified atom stereocenters. The molecule has 0 saturated heterocycles. The molecule has 0 N–H and O–H groups in total. The van der Waals surface area contributed by atoms with Gasteiger partial charge in [-0.2, -0.15) is 35.9 Å². The Balaban J connectivity index is 0.000001000. The van der Waals surface area contributed by atoms with Crippen molar-refractivity contribution in [3.63, 3.8) is 0 Å². The van der Waals surface area contributed by atoms with E-state index in [1.54, 1.807) is 0 Å². The van der Waals surface area contributed by atoms with E-state index in [9.17, 15) is 0 Å². The first-order chi connectivity index (χ1) is 4.93. The second kappa shape index (κ2) is 6.61. The number of benzene rings is 1. The van der Waals surface area contributed by atoms with E-state index in [1.165, 1.54) is 24.8 Å². The van der Waals surface area contributed by atoms with Crippen LogP contribution in [0.25, 0.3) is 0 Å². The van der Waals surface area contributed by atoms with E-state index in [2.05, 4.69) is 25.1 Å². The molecule has 11 heavy (non-hydrogen) atoms. The zero-order valence-corrected chi connectivity index (χ0v) is 8.85. The van der Waals surface area contributed by atoms with Gasteiger partial charge in [-0.25, -0.2) is 0 Å². The van der Waals surface area contributed by atoms with Crippen LogP contribution >= 0.6 is 0 Å². The number of aryl methyl sites for hydroxylation is 1. The Morgan fingerprint density at radius 3 is 2.73 bits per heavy atom. The average molecular weight is 229 g/mol. The Hall–Kier alpha value is -0.0917. The summed E-state index contributed by atoms with van der Waals surface area (Å²) in [6.45, 7) is 2.21. The first kappa shape index (κ1) is 10.9. The molecule has 0 aliphatic carbocycles. The quantitative estimate of drug-likeness (QED) is 0.552. The summed E-state index contributed by atoms with van der Waals surface area (Å²) in [5.74, 6) is 0. The molecule has 0 spiro atoms. The van der Waals surface area contributed by atoms with E-state index in [4.69, 9.17) is 0 Å². The second-order valence-corrected chi connectivity index (χ2v) is 2.49. The van der Waals surface area contributed by atoms with Crippen molar-refractivity contribution in [2.45, 2.75) is 26.2 Å². The van der Waals surface area contributed by atoms with Crippen LogP contribution < -0.4 is 0 Å². The smallest absolute Gasteiger partial charge is 0 e. The molecule has 0 heterocycles. The molecular formula is C10H13Mo-. The molecule has 0 fully saturated rings. The molecule has 0 amide bonds. The van der Waals surface area contributed by atoms with Gasteiger partial charge in [0.1, 0.15) is 0 Å². The molecule has 0 atom stereocenters.